The molecule has 0 atom stereocenters. The normalized spacial score (nSPS) is 10.8. The zero-order valence-corrected chi connectivity index (χ0v) is 16.1. The molecule has 1 amide bonds. The molecule has 0 aliphatic rings. The number of benzene rings is 2. The second-order valence-electron chi connectivity index (χ2n) is 6.53. The zero-order valence-electron chi connectivity index (χ0n) is 15.3. The Morgan fingerprint density at radius 3 is 2.54 bits per heavy atom. The predicted octanol–water partition coefficient (Wildman–Crippen LogP) is 5.19. The lowest BCUT2D eigenvalue weighted by Gasteiger charge is -2.13. The summed E-state index contributed by atoms with van der Waals surface area (Å²) in [6, 6.07) is 19.1. The summed E-state index contributed by atoms with van der Waals surface area (Å²) in [6.07, 6.45) is 3.42. The molecule has 1 N–H and O–H groups in total. The second kappa shape index (κ2) is 7.79. The van der Waals surface area contributed by atoms with Crippen LogP contribution in [0.1, 0.15) is 21.5 Å². The highest BCUT2D eigenvalue weighted by Crippen LogP contribution is 2.30. The Hall–Kier alpha value is -3.24. The number of carbonyl (C=O) groups is 1. The van der Waals surface area contributed by atoms with Crippen LogP contribution in [0, 0.1) is 6.92 Å². The SMILES string of the molecule is Cc1c(Cl)ccc2c(C(=O)NCc3ccncc3)cc(-c3ccccc3)nc12. The number of aromatic nitrogens is 2. The Kier molecular flexibility index (Phi) is 5.04. The van der Waals surface area contributed by atoms with Crippen molar-refractivity contribution in [3.8, 4) is 11.3 Å². The molecule has 0 saturated heterocycles. The number of carbonyl (C=O) groups excluding carboxylic acids is 1. The van der Waals surface area contributed by atoms with E-state index in [9.17, 15) is 4.79 Å². The number of fused-ring (bicyclic) bond motifs is 1. The van der Waals surface area contributed by atoms with Crippen molar-refractivity contribution in [2.24, 2.45) is 0 Å². The Labute approximate surface area is 168 Å². The number of halogens is 1. The first-order chi connectivity index (χ1) is 13.6. The van der Waals surface area contributed by atoms with Crippen LogP contribution in [0.25, 0.3) is 22.2 Å². The van der Waals surface area contributed by atoms with Crippen molar-refractivity contribution in [2.45, 2.75) is 13.5 Å². The van der Waals surface area contributed by atoms with Gasteiger partial charge in [-0.25, -0.2) is 4.98 Å². The quantitative estimate of drug-likeness (QED) is 0.524. The molecule has 0 saturated carbocycles. The molecule has 4 nitrogen and oxygen atoms in total. The zero-order chi connectivity index (χ0) is 19.5. The first kappa shape index (κ1) is 18.1. The molecule has 0 unspecified atom stereocenters. The van der Waals surface area contributed by atoms with E-state index in [1.54, 1.807) is 12.4 Å². The maximum absolute atomic E-state index is 13.0. The van der Waals surface area contributed by atoms with E-state index in [4.69, 9.17) is 16.6 Å². The van der Waals surface area contributed by atoms with Gasteiger partial charge >= 0.3 is 0 Å². The largest absolute Gasteiger partial charge is 0.348 e. The van der Waals surface area contributed by atoms with E-state index in [0.29, 0.717) is 17.1 Å². The lowest BCUT2D eigenvalue weighted by molar-refractivity contribution is 0.0952. The third-order valence-corrected chi connectivity index (χ3v) is 5.09. The van der Waals surface area contributed by atoms with Gasteiger partial charge in [0, 0.05) is 34.9 Å². The molecule has 4 aromatic rings. The number of rotatable bonds is 4. The number of nitrogens with zero attached hydrogens (tertiary/aromatic N) is 2. The lowest BCUT2D eigenvalue weighted by atomic mass is 10.0. The molecule has 5 heteroatoms. The van der Waals surface area contributed by atoms with Crippen molar-refractivity contribution in [3.63, 3.8) is 0 Å². The molecule has 138 valence electrons. The molecule has 0 spiro atoms. The molecule has 0 bridgehead atoms. The molecule has 0 fully saturated rings. The van der Waals surface area contributed by atoms with Crippen LogP contribution in [0.5, 0.6) is 0 Å². The minimum atomic E-state index is -0.150. The van der Waals surface area contributed by atoms with Gasteiger partial charge in [0.2, 0.25) is 0 Å². The highest BCUT2D eigenvalue weighted by Gasteiger charge is 2.16. The fraction of sp³-hybridized carbons (Fsp3) is 0.0870. The molecule has 2 aromatic carbocycles. The van der Waals surface area contributed by atoms with Crippen molar-refractivity contribution >= 4 is 28.4 Å². The number of aryl methyl sites for hydroxylation is 1. The van der Waals surface area contributed by atoms with Crippen molar-refractivity contribution in [3.05, 3.63) is 94.8 Å². The van der Waals surface area contributed by atoms with E-state index in [0.717, 1.165) is 33.3 Å². The summed E-state index contributed by atoms with van der Waals surface area (Å²) in [6.45, 7) is 2.35. The van der Waals surface area contributed by atoms with E-state index in [1.165, 1.54) is 0 Å². The summed E-state index contributed by atoms with van der Waals surface area (Å²) >= 11 is 6.31. The van der Waals surface area contributed by atoms with Gasteiger partial charge in [0.15, 0.2) is 0 Å². The van der Waals surface area contributed by atoms with Crippen LogP contribution in [-0.4, -0.2) is 15.9 Å². The molecule has 2 aromatic heterocycles. The summed E-state index contributed by atoms with van der Waals surface area (Å²) < 4.78 is 0. The number of amides is 1. The maximum atomic E-state index is 13.0. The highest BCUT2D eigenvalue weighted by atomic mass is 35.5. The standard InChI is InChI=1S/C23H18ClN3O/c1-15-20(24)8-7-18-19(23(28)26-14-16-9-11-25-12-10-16)13-21(27-22(15)18)17-5-3-2-4-6-17/h2-13H,14H2,1H3,(H,26,28). The Morgan fingerprint density at radius 1 is 1.04 bits per heavy atom. The predicted molar refractivity (Wildman–Crippen MR) is 112 cm³/mol. The first-order valence-corrected chi connectivity index (χ1v) is 9.33. The lowest BCUT2D eigenvalue weighted by Crippen LogP contribution is -2.23. The third-order valence-electron chi connectivity index (χ3n) is 4.68. The van der Waals surface area contributed by atoms with Gasteiger partial charge in [0.25, 0.3) is 5.91 Å². The van der Waals surface area contributed by atoms with Crippen molar-refractivity contribution < 1.29 is 4.79 Å². The smallest absolute Gasteiger partial charge is 0.252 e. The molecular weight excluding hydrogens is 370 g/mol. The Morgan fingerprint density at radius 2 is 1.79 bits per heavy atom. The Bertz CT molecular complexity index is 1140. The molecule has 4 rings (SSSR count). The Balaban J connectivity index is 1.79. The van der Waals surface area contributed by atoms with Gasteiger partial charge in [-0.3, -0.25) is 9.78 Å². The minimum Gasteiger partial charge on any atom is -0.348 e. The van der Waals surface area contributed by atoms with Crippen LogP contribution in [0.4, 0.5) is 0 Å². The topological polar surface area (TPSA) is 54.9 Å². The van der Waals surface area contributed by atoms with Crippen LogP contribution in [0.2, 0.25) is 5.02 Å². The second-order valence-corrected chi connectivity index (χ2v) is 6.93. The molecule has 0 radical (unpaired) electrons. The van der Waals surface area contributed by atoms with E-state index < -0.39 is 0 Å². The molecule has 2 heterocycles. The summed E-state index contributed by atoms with van der Waals surface area (Å²) in [5.74, 6) is -0.150. The molecule has 0 aliphatic heterocycles. The van der Waals surface area contributed by atoms with Crippen LogP contribution >= 0.6 is 11.6 Å². The number of pyridine rings is 2. The van der Waals surface area contributed by atoms with Crippen molar-refractivity contribution in [1.82, 2.24) is 15.3 Å². The van der Waals surface area contributed by atoms with Gasteiger partial charge in [-0.15, -0.1) is 0 Å². The van der Waals surface area contributed by atoms with Crippen LogP contribution < -0.4 is 5.32 Å². The average Bonchev–Trinajstić information content (AvgIpc) is 2.75. The summed E-state index contributed by atoms with van der Waals surface area (Å²) in [5, 5.41) is 4.41. The van der Waals surface area contributed by atoms with Gasteiger partial charge in [-0.05, 0) is 42.3 Å². The van der Waals surface area contributed by atoms with E-state index in [2.05, 4.69) is 10.3 Å². The third kappa shape index (κ3) is 3.59. The van der Waals surface area contributed by atoms with E-state index in [1.807, 2.05) is 67.6 Å². The van der Waals surface area contributed by atoms with Crippen LogP contribution in [0.15, 0.2) is 73.1 Å². The fourth-order valence-corrected chi connectivity index (χ4v) is 3.28. The number of hydrogen-bond acceptors (Lipinski definition) is 3. The van der Waals surface area contributed by atoms with Gasteiger partial charge < -0.3 is 5.32 Å². The summed E-state index contributed by atoms with van der Waals surface area (Å²) in [4.78, 5) is 21.8. The first-order valence-electron chi connectivity index (χ1n) is 8.96. The van der Waals surface area contributed by atoms with Gasteiger partial charge in [0.1, 0.15) is 0 Å². The molecule has 28 heavy (non-hydrogen) atoms. The van der Waals surface area contributed by atoms with E-state index in [-0.39, 0.29) is 5.91 Å². The van der Waals surface area contributed by atoms with Crippen LogP contribution in [-0.2, 0) is 6.54 Å². The summed E-state index contributed by atoms with van der Waals surface area (Å²) in [5.41, 5.74) is 4.87. The van der Waals surface area contributed by atoms with Gasteiger partial charge in [0.05, 0.1) is 16.8 Å². The van der Waals surface area contributed by atoms with Crippen LogP contribution in [0.3, 0.4) is 0 Å². The maximum Gasteiger partial charge on any atom is 0.252 e. The number of hydrogen-bond donors (Lipinski definition) is 1. The van der Waals surface area contributed by atoms with Gasteiger partial charge in [-0.1, -0.05) is 48.0 Å². The monoisotopic (exact) mass is 387 g/mol. The molecule has 0 aliphatic carbocycles. The summed E-state index contributed by atoms with van der Waals surface area (Å²) in [7, 11) is 0. The highest BCUT2D eigenvalue weighted by molar-refractivity contribution is 6.32. The van der Waals surface area contributed by atoms with Crippen molar-refractivity contribution in [1.29, 1.82) is 0 Å². The minimum absolute atomic E-state index is 0.150. The van der Waals surface area contributed by atoms with E-state index >= 15 is 0 Å². The number of nitrogens with one attached hydrogen (secondary N) is 1. The fourth-order valence-electron chi connectivity index (χ4n) is 3.13. The average molecular weight is 388 g/mol. The molecular formula is C23H18ClN3O. The van der Waals surface area contributed by atoms with Crippen molar-refractivity contribution in [2.75, 3.05) is 0 Å². The van der Waals surface area contributed by atoms with Gasteiger partial charge in [-0.2, -0.15) is 0 Å².